The van der Waals surface area contributed by atoms with Crippen molar-refractivity contribution in [2.75, 3.05) is 18.9 Å². The van der Waals surface area contributed by atoms with E-state index in [2.05, 4.69) is 15.3 Å². The predicted octanol–water partition coefficient (Wildman–Crippen LogP) is 0.364. The van der Waals surface area contributed by atoms with Gasteiger partial charge in [-0.25, -0.2) is 19.8 Å². The number of ketones is 1. The molecule has 1 aromatic rings. The Morgan fingerprint density at radius 1 is 1.45 bits per heavy atom. The quantitative estimate of drug-likeness (QED) is 0.772. The highest BCUT2D eigenvalue weighted by molar-refractivity contribution is 6.15. The molecule has 1 aromatic heterocycles. The molecule has 1 atom stereocenters. The Balaban J connectivity index is 2.33. The Kier molecular flexibility index (Phi) is 4.36. The number of anilines is 1. The Morgan fingerprint density at radius 3 is 2.68 bits per heavy atom. The zero-order valence-corrected chi connectivity index (χ0v) is 12.3. The summed E-state index contributed by atoms with van der Waals surface area (Å²) in [4.78, 5) is 43.9. The zero-order chi connectivity index (χ0) is 16.3. The number of carbonyl (C=O) groups is 3. The highest BCUT2D eigenvalue weighted by Gasteiger charge is 2.55. The van der Waals surface area contributed by atoms with E-state index in [9.17, 15) is 14.4 Å². The van der Waals surface area contributed by atoms with Gasteiger partial charge in [-0.1, -0.05) is 6.92 Å². The number of aromatic nitrogens is 2. The average molecular weight is 307 g/mol. The van der Waals surface area contributed by atoms with E-state index in [0.717, 1.165) is 5.01 Å². The summed E-state index contributed by atoms with van der Waals surface area (Å²) in [5.41, 5.74) is -1.54. The number of likely N-dealkylation sites (N-methyl/N-ethyl adjacent to an activating group) is 1. The summed E-state index contributed by atoms with van der Waals surface area (Å²) in [5.74, 6) is -0.681. The molecule has 118 valence electrons. The van der Waals surface area contributed by atoms with E-state index in [-0.39, 0.29) is 31.0 Å². The summed E-state index contributed by atoms with van der Waals surface area (Å²) in [5, 5.41) is 13.9. The van der Waals surface area contributed by atoms with Crippen LogP contribution in [0.15, 0.2) is 18.6 Å². The number of rotatable bonds is 4. The molecule has 0 aromatic carbocycles. The van der Waals surface area contributed by atoms with Crippen LogP contribution in [0.1, 0.15) is 19.8 Å². The van der Waals surface area contributed by atoms with E-state index >= 15 is 0 Å². The van der Waals surface area contributed by atoms with Crippen LogP contribution < -0.4 is 5.32 Å². The summed E-state index contributed by atoms with van der Waals surface area (Å²) in [7, 11) is 1.42. The minimum absolute atomic E-state index is 0.0781. The van der Waals surface area contributed by atoms with Gasteiger partial charge in [0.05, 0.1) is 0 Å². The smallest absolute Gasteiger partial charge is 0.422 e. The van der Waals surface area contributed by atoms with E-state index in [1.54, 1.807) is 6.92 Å². The van der Waals surface area contributed by atoms with Crippen LogP contribution in [0.25, 0.3) is 0 Å². The minimum atomic E-state index is -1.54. The summed E-state index contributed by atoms with van der Waals surface area (Å²) < 4.78 is 0. The number of carbonyl (C=O) groups excluding carboxylic acids is 2. The summed E-state index contributed by atoms with van der Waals surface area (Å²) >= 11 is 0. The largest absolute Gasteiger partial charge is 0.464 e. The van der Waals surface area contributed by atoms with Gasteiger partial charge in [0.1, 0.15) is 12.1 Å². The summed E-state index contributed by atoms with van der Waals surface area (Å²) in [6, 6.07) is 1.49. The highest BCUT2D eigenvalue weighted by Crippen LogP contribution is 2.31. The van der Waals surface area contributed by atoms with Gasteiger partial charge in [-0.15, -0.1) is 0 Å². The lowest BCUT2D eigenvalue weighted by atomic mass is 9.88. The maximum absolute atomic E-state index is 12.7. The van der Waals surface area contributed by atoms with Crippen LogP contribution >= 0.6 is 0 Å². The number of amides is 2. The van der Waals surface area contributed by atoms with Crippen LogP contribution in [-0.2, 0) is 9.59 Å². The third-order valence-corrected chi connectivity index (χ3v) is 3.80. The van der Waals surface area contributed by atoms with Crippen molar-refractivity contribution >= 4 is 23.6 Å². The molecule has 1 unspecified atom stereocenters. The van der Waals surface area contributed by atoms with Gasteiger partial charge in [0.2, 0.25) is 0 Å². The van der Waals surface area contributed by atoms with Crippen molar-refractivity contribution in [3.05, 3.63) is 18.6 Å². The molecule has 0 saturated carbocycles. The fraction of sp³-hybridized carbons (Fsp3) is 0.462. The van der Waals surface area contributed by atoms with Crippen molar-refractivity contribution < 1.29 is 19.5 Å². The molecule has 2 heterocycles. The lowest BCUT2D eigenvalue weighted by Gasteiger charge is -2.34. The Morgan fingerprint density at radius 2 is 2.18 bits per heavy atom. The van der Waals surface area contributed by atoms with Gasteiger partial charge in [-0.2, -0.15) is 5.01 Å². The van der Waals surface area contributed by atoms with Crippen LogP contribution in [0.2, 0.25) is 0 Å². The maximum Gasteiger partial charge on any atom is 0.422 e. The molecular formula is C13H17N5O4. The van der Waals surface area contributed by atoms with Crippen molar-refractivity contribution in [3.63, 3.8) is 0 Å². The molecule has 1 aliphatic heterocycles. The molecule has 2 rings (SSSR count). The van der Waals surface area contributed by atoms with Crippen LogP contribution in [0.4, 0.5) is 10.6 Å². The molecule has 2 N–H and O–H groups in total. The number of hydrogen-bond donors (Lipinski definition) is 2. The van der Waals surface area contributed by atoms with E-state index in [1.807, 2.05) is 0 Å². The van der Waals surface area contributed by atoms with Crippen molar-refractivity contribution in [2.45, 2.75) is 25.3 Å². The van der Waals surface area contributed by atoms with Crippen LogP contribution in [0.3, 0.4) is 0 Å². The predicted molar refractivity (Wildman–Crippen MR) is 75.8 cm³/mol. The van der Waals surface area contributed by atoms with E-state index in [4.69, 9.17) is 5.11 Å². The van der Waals surface area contributed by atoms with Gasteiger partial charge in [-0.3, -0.25) is 9.59 Å². The number of nitrogens with zero attached hydrogens (tertiary/aromatic N) is 4. The van der Waals surface area contributed by atoms with Crippen molar-refractivity contribution in [2.24, 2.45) is 0 Å². The fourth-order valence-electron chi connectivity index (χ4n) is 2.59. The van der Waals surface area contributed by atoms with Crippen LogP contribution in [0, 0.1) is 0 Å². The number of carboxylic acid groups (broad SMARTS) is 1. The fourth-order valence-corrected chi connectivity index (χ4v) is 2.59. The third kappa shape index (κ3) is 2.50. The van der Waals surface area contributed by atoms with E-state index in [1.165, 1.54) is 30.6 Å². The lowest BCUT2D eigenvalue weighted by Crippen LogP contribution is -2.60. The third-order valence-electron chi connectivity index (χ3n) is 3.80. The molecule has 1 aliphatic rings. The zero-order valence-electron chi connectivity index (χ0n) is 12.3. The Hall–Kier alpha value is -2.55. The summed E-state index contributed by atoms with van der Waals surface area (Å²) in [6.45, 7) is 1.72. The minimum Gasteiger partial charge on any atom is -0.464 e. The van der Waals surface area contributed by atoms with Gasteiger partial charge < -0.3 is 10.4 Å². The Bertz CT molecular complexity index is 593. The van der Waals surface area contributed by atoms with Gasteiger partial charge in [0.25, 0.3) is 5.91 Å². The molecule has 9 nitrogen and oxygen atoms in total. The maximum atomic E-state index is 12.7. The summed E-state index contributed by atoms with van der Waals surface area (Å²) in [6.07, 6.45) is 1.74. The second-order valence-corrected chi connectivity index (χ2v) is 4.87. The first-order valence-electron chi connectivity index (χ1n) is 6.78. The molecule has 0 radical (unpaired) electrons. The first-order valence-corrected chi connectivity index (χ1v) is 6.78. The van der Waals surface area contributed by atoms with Crippen LogP contribution in [0.5, 0.6) is 0 Å². The molecule has 22 heavy (non-hydrogen) atoms. The lowest BCUT2D eigenvalue weighted by molar-refractivity contribution is -0.144. The second kappa shape index (κ2) is 6.06. The van der Waals surface area contributed by atoms with Gasteiger partial charge in [0, 0.05) is 32.6 Å². The monoisotopic (exact) mass is 307 g/mol. The molecular weight excluding hydrogens is 290 g/mol. The first kappa shape index (κ1) is 15.8. The van der Waals surface area contributed by atoms with Crippen molar-refractivity contribution in [3.8, 4) is 0 Å². The number of hydrogen-bond acceptors (Lipinski definition) is 6. The molecule has 1 fully saturated rings. The number of nitrogens with one attached hydrogen (secondary N) is 1. The standard InChI is InChI=1S/C13H17N5O4/c1-3-9(19)13(5-7-18(12(21)22)17(13)2)11(20)16-10-4-6-14-8-15-10/h4,6,8H,3,5,7H2,1-2H3,(H,21,22)(H,14,15,16,20). The highest BCUT2D eigenvalue weighted by atomic mass is 16.4. The molecule has 0 bridgehead atoms. The average Bonchev–Trinajstić information content (AvgIpc) is 2.86. The van der Waals surface area contributed by atoms with Crippen molar-refractivity contribution in [1.29, 1.82) is 0 Å². The molecule has 9 heteroatoms. The molecule has 0 aliphatic carbocycles. The number of Topliss-reactive ketones (excluding diaryl/α,β-unsaturated/α-hetero) is 1. The topological polar surface area (TPSA) is 116 Å². The Labute approximate surface area is 126 Å². The van der Waals surface area contributed by atoms with Gasteiger partial charge in [0.15, 0.2) is 11.3 Å². The molecule has 1 saturated heterocycles. The SMILES string of the molecule is CCC(=O)C1(C(=O)Nc2ccncn2)CCN(C(=O)O)N1C. The van der Waals surface area contributed by atoms with E-state index < -0.39 is 17.5 Å². The van der Waals surface area contributed by atoms with Crippen molar-refractivity contribution in [1.82, 2.24) is 20.0 Å². The van der Waals surface area contributed by atoms with Gasteiger partial charge in [-0.05, 0) is 6.07 Å². The molecule has 0 spiro atoms. The van der Waals surface area contributed by atoms with E-state index in [0.29, 0.717) is 0 Å². The number of hydrazine groups is 1. The van der Waals surface area contributed by atoms with Gasteiger partial charge >= 0.3 is 6.09 Å². The molecule has 2 amide bonds. The normalized spacial score (nSPS) is 21.6. The first-order chi connectivity index (χ1) is 10.4. The second-order valence-electron chi connectivity index (χ2n) is 4.87. The van der Waals surface area contributed by atoms with Crippen LogP contribution in [-0.4, -0.2) is 62.0 Å².